The number of piperazine rings is 1. The molecule has 2 saturated heterocycles. The molecule has 6 rings (SSSR count). The molecule has 4 atom stereocenters. The Morgan fingerprint density at radius 1 is 1.03 bits per heavy atom. The number of aromatic nitrogens is 2. The second kappa shape index (κ2) is 9.72. The lowest BCUT2D eigenvalue weighted by Crippen LogP contribution is -2.58. The van der Waals surface area contributed by atoms with Gasteiger partial charge in [-0.25, -0.2) is 9.59 Å². The smallest absolute Gasteiger partial charge is 0.338 e. The molecule has 208 valence electrons. The molecule has 0 bridgehead atoms. The Labute approximate surface area is 228 Å². The molecule has 2 aliphatic carbocycles. The molecule has 2 unspecified atom stereocenters. The number of anilines is 1. The van der Waals surface area contributed by atoms with E-state index in [4.69, 9.17) is 11.5 Å². The van der Waals surface area contributed by atoms with Gasteiger partial charge in [-0.05, 0) is 74.3 Å². The highest BCUT2D eigenvalue weighted by Crippen LogP contribution is 2.45. The van der Waals surface area contributed by atoms with Gasteiger partial charge in [-0.1, -0.05) is 6.07 Å². The summed E-state index contributed by atoms with van der Waals surface area (Å²) in [6.07, 6.45) is 4.80. The van der Waals surface area contributed by atoms with Crippen LogP contribution in [0.5, 0.6) is 0 Å². The number of fused-ring (bicyclic) bond motifs is 2. The summed E-state index contributed by atoms with van der Waals surface area (Å²) < 4.78 is 1.51. The molecule has 4 aliphatic rings. The Morgan fingerprint density at radius 3 is 2.38 bits per heavy atom. The van der Waals surface area contributed by atoms with Gasteiger partial charge in [0.25, 0.3) is 0 Å². The molecule has 3 fully saturated rings. The number of hydrogen-bond donors (Lipinski definition) is 3. The second-order valence-corrected chi connectivity index (χ2v) is 12.1. The highest BCUT2D eigenvalue weighted by atomic mass is 16.2. The van der Waals surface area contributed by atoms with Crippen molar-refractivity contribution in [3.63, 3.8) is 0 Å². The van der Waals surface area contributed by atoms with Crippen molar-refractivity contribution in [2.75, 3.05) is 44.6 Å². The van der Waals surface area contributed by atoms with Crippen LogP contribution < -0.4 is 22.5 Å². The summed E-state index contributed by atoms with van der Waals surface area (Å²) in [5.74, 6) is 1.46. The average molecular weight is 535 g/mol. The Bertz CT molecular complexity index is 1330. The maximum Gasteiger partial charge on any atom is 0.354 e. The van der Waals surface area contributed by atoms with E-state index in [1.54, 1.807) is 35.9 Å². The van der Waals surface area contributed by atoms with Crippen LogP contribution in [0, 0.1) is 11.8 Å². The number of carbonyl (C=O) groups excluding carboxylic acids is 2. The van der Waals surface area contributed by atoms with Crippen LogP contribution in [0.4, 0.5) is 10.6 Å². The number of likely N-dealkylation sites (tertiary alicyclic amines) is 1. The third-order valence-electron chi connectivity index (χ3n) is 8.92. The quantitative estimate of drug-likeness (QED) is 0.515. The number of nitrogens with one attached hydrogen (secondary N) is 1. The van der Waals surface area contributed by atoms with Gasteiger partial charge in [0.2, 0.25) is 5.91 Å². The molecule has 0 spiro atoms. The zero-order chi connectivity index (χ0) is 27.5. The first-order valence-corrected chi connectivity index (χ1v) is 13.9. The summed E-state index contributed by atoms with van der Waals surface area (Å²) >= 11 is 0. The Balaban J connectivity index is 1.06. The van der Waals surface area contributed by atoms with Gasteiger partial charge >= 0.3 is 11.7 Å². The van der Waals surface area contributed by atoms with Gasteiger partial charge in [0.15, 0.2) is 0 Å². The number of aryl methyl sites for hydroxylation is 1. The first-order chi connectivity index (χ1) is 18.6. The van der Waals surface area contributed by atoms with E-state index in [0.717, 1.165) is 38.0 Å². The number of urea groups is 1. The van der Waals surface area contributed by atoms with Crippen molar-refractivity contribution < 1.29 is 9.59 Å². The molecule has 0 radical (unpaired) electrons. The number of amides is 3. The topological polar surface area (TPSA) is 143 Å². The fraction of sp³-hybridized carbons (Fsp3) is 0.571. The van der Waals surface area contributed by atoms with Crippen molar-refractivity contribution >= 4 is 17.8 Å². The number of hydrogen-bond acceptors (Lipinski definition) is 7. The average Bonchev–Trinajstić information content (AvgIpc) is 3.30. The van der Waals surface area contributed by atoms with Gasteiger partial charge in [-0.3, -0.25) is 19.6 Å². The van der Waals surface area contributed by atoms with Crippen molar-refractivity contribution in [2.24, 2.45) is 23.3 Å². The molecule has 5 N–H and O–H groups in total. The maximum atomic E-state index is 12.9. The largest absolute Gasteiger partial charge is 0.354 e. The summed E-state index contributed by atoms with van der Waals surface area (Å²) in [5, 5.41) is 2.72. The fourth-order valence-electron chi connectivity index (χ4n) is 6.46. The molecule has 1 aromatic heterocycles. The van der Waals surface area contributed by atoms with Crippen molar-refractivity contribution in [1.29, 1.82) is 0 Å². The Morgan fingerprint density at radius 2 is 1.72 bits per heavy atom. The van der Waals surface area contributed by atoms with Gasteiger partial charge in [0.1, 0.15) is 5.82 Å². The third kappa shape index (κ3) is 5.06. The van der Waals surface area contributed by atoms with E-state index < -0.39 is 11.2 Å². The van der Waals surface area contributed by atoms with Crippen molar-refractivity contribution in [3.05, 3.63) is 52.1 Å². The van der Waals surface area contributed by atoms with Crippen LogP contribution in [0.1, 0.15) is 31.4 Å². The van der Waals surface area contributed by atoms with Crippen LogP contribution >= 0.6 is 0 Å². The van der Waals surface area contributed by atoms with Crippen molar-refractivity contribution in [2.45, 2.75) is 50.7 Å². The van der Waals surface area contributed by atoms with E-state index in [2.05, 4.69) is 27.3 Å². The zero-order valence-corrected chi connectivity index (χ0v) is 22.7. The number of nitrogens with two attached hydrogens (primary N) is 2. The number of piperidine rings is 1. The standard InChI is InChI=1S/C28H38N8O3/c1-28(2,30)25(37)33-9-11-34(12-10-33)26(38)31-23-7-8-36(27(39)32-23)20-6-4-17-13-19(5-3-18(17)14-20)35-15-21-22(16-35)24(21)29/h4,6-8,14,19,21-22,24H,3,5,9-13,15-16,29-30H2,1-2H3,(H,31,32,38,39)/t19?,21-,22+,24?. The van der Waals surface area contributed by atoms with Crippen LogP contribution in [0.3, 0.4) is 0 Å². The van der Waals surface area contributed by atoms with Crippen molar-refractivity contribution in [1.82, 2.24) is 24.3 Å². The first kappa shape index (κ1) is 26.0. The van der Waals surface area contributed by atoms with E-state index >= 15 is 0 Å². The monoisotopic (exact) mass is 534 g/mol. The number of benzene rings is 1. The van der Waals surface area contributed by atoms with E-state index in [-0.39, 0.29) is 17.8 Å². The number of carbonyl (C=O) groups is 2. The molecule has 11 heteroatoms. The molecular weight excluding hydrogens is 496 g/mol. The van der Waals surface area contributed by atoms with E-state index in [9.17, 15) is 14.4 Å². The Kier molecular flexibility index (Phi) is 6.47. The third-order valence-corrected chi connectivity index (χ3v) is 8.92. The highest BCUT2D eigenvalue weighted by Gasteiger charge is 2.54. The lowest BCUT2D eigenvalue weighted by atomic mass is 9.87. The molecule has 1 aromatic carbocycles. The predicted octanol–water partition coefficient (Wildman–Crippen LogP) is 0.392. The molecule has 11 nitrogen and oxygen atoms in total. The highest BCUT2D eigenvalue weighted by molar-refractivity contribution is 5.89. The molecule has 3 heterocycles. The van der Waals surface area contributed by atoms with Crippen molar-refractivity contribution in [3.8, 4) is 5.69 Å². The number of nitrogens with zero attached hydrogens (tertiary/aromatic N) is 5. The zero-order valence-electron chi connectivity index (χ0n) is 22.7. The SMILES string of the molecule is CC(C)(N)C(=O)N1CCN(C(=O)Nc2ccn(-c3ccc4c(c3)CCC(N3C[C@@H]5C(N)[C@@H]5C3)C4)c(=O)n2)CC1. The van der Waals surface area contributed by atoms with Crippen LogP contribution in [-0.2, 0) is 17.6 Å². The van der Waals surface area contributed by atoms with Crippen LogP contribution in [0.2, 0.25) is 0 Å². The van der Waals surface area contributed by atoms with Gasteiger partial charge in [-0.2, -0.15) is 4.98 Å². The molecule has 2 aliphatic heterocycles. The van der Waals surface area contributed by atoms with E-state index in [1.165, 1.54) is 15.7 Å². The predicted molar refractivity (Wildman–Crippen MR) is 148 cm³/mol. The minimum Gasteiger partial charge on any atom is -0.338 e. The van der Waals surface area contributed by atoms with Crippen LogP contribution in [0.15, 0.2) is 35.3 Å². The first-order valence-electron chi connectivity index (χ1n) is 13.9. The minimum atomic E-state index is -0.943. The maximum absolute atomic E-state index is 12.9. The lowest BCUT2D eigenvalue weighted by Gasteiger charge is -2.37. The van der Waals surface area contributed by atoms with Gasteiger partial charge in [0.05, 0.1) is 11.2 Å². The summed E-state index contributed by atoms with van der Waals surface area (Å²) in [7, 11) is 0. The van der Waals surface area contributed by atoms with Gasteiger partial charge in [0, 0.05) is 57.5 Å². The summed E-state index contributed by atoms with van der Waals surface area (Å²) in [4.78, 5) is 48.0. The normalized spacial score (nSPS) is 26.7. The van der Waals surface area contributed by atoms with Crippen LogP contribution in [-0.4, -0.2) is 93.1 Å². The van der Waals surface area contributed by atoms with Crippen LogP contribution in [0.25, 0.3) is 5.69 Å². The second-order valence-electron chi connectivity index (χ2n) is 12.1. The van der Waals surface area contributed by atoms with Gasteiger partial charge in [-0.15, -0.1) is 0 Å². The summed E-state index contributed by atoms with van der Waals surface area (Å²) in [6, 6.07) is 8.48. The Hall–Kier alpha value is -3.28. The molecular formula is C28H38N8O3. The molecule has 1 saturated carbocycles. The van der Waals surface area contributed by atoms with Gasteiger partial charge < -0.3 is 21.3 Å². The fourth-order valence-corrected chi connectivity index (χ4v) is 6.46. The molecule has 2 aromatic rings. The summed E-state index contributed by atoms with van der Waals surface area (Å²) in [6.45, 7) is 7.21. The van der Waals surface area contributed by atoms with E-state index in [0.29, 0.717) is 50.1 Å². The summed E-state index contributed by atoms with van der Waals surface area (Å²) in [5.41, 5.74) is 14.1. The van der Waals surface area contributed by atoms with E-state index in [1.807, 2.05) is 6.07 Å². The molecule has 39 heavy (non-hydrogen) atoms. The minimum absolute atomic E-state index is 0.136. The number of rotatable bonds is 4. The molecule has 3 amide bonds. The lowest BCUT2D eigenvalue weighted by molar-refractivity contribution is -0.137.